The molecule has 32 heavy (non-hydrogen) atoms. The van der Waals surface area contributed by atoms with Crippen molar-refractivity contribution in [3.63, 3.8) is 0 Å². The van der Waals surface area contributed by atoms with E-state index >= 15 is 0 Å². The fraction of sp³-hybridized carbons (Fsp3) is 0.542. The van der Waals surface area contributed by atoms with Gasteiger partial charge in [-0.1, -0.05) is 54.6 Å². The van der Waals surface area contributed by atoms with Crippen LogP contribution in [-0.4, -0.2) is 54.2 Å². The quantitative estimate of drug-likeness (QED) is 0.277. The number of carbonyl (C=O) groups is 1. The van der Waals surface area contributed by atoms with Crippen LogP contribution in [0.4, 0.5) is 0 Å². The number of sulfonamides is 1. The van der Waals surface area contributed by atoms with Crippen molar-refractivity contribution < 1.29 is 28.5 Å². The van der Waals surface area contributed by atoms with Crippen LogP contribution >= 0.6 is 0 Å². The fourth-order valence-electron chi connectivity index (χ4n) is 4.03. The second kappa shape index (κ2) is 12.9. The first kappa shape index (κ1) is 26.3. The van der Waals surface area contributed by atoms with Crippen LogP contribution in [0.2, 0.25) is 0 Å². The van der Waals surface area contributed by atoms with Crippen molar-refractivity contribution in [2.75, 3.05) is 6.26 Å². The average Bonchev–Trinajstić information content (AvgIpc) is 2.99. The smallest absolute Gasteiger partial charge is 0.233 e. The summed E-state index contributed by atoms with van der Waals surface area (Å²) in [5.41, 5.74) is 1.16. The molecule has 0 bridgehead atoms. The minimum Gasteiger partial charge on any atom is -0.393 e. The summed E-state index contributed by atoms with van der Waals surface area (Å²) in [5, 5.41) is 30.9. The summed E-state index contributed by atoms with van der Waals surface area (Å²) in [7, 11) is -3.52. The van der Waals surface area contributed by atoms with Crippen molar-refractivity contribution in [2.24, 2.45) is 11.8 Å². The molecule has 0 aliphatic heterocycles. The predicted octanol–water partition coefficient (Wildman–Crippen LogP) is 2.09. The molecule has 1 fully saturated rings. The van der Waals surface area contributed by atoms with Crippen LogP contribution in [0.3, 0.4) is 0 Å². The summed E-state index contributed by atoms with van der Waals surface area (Å²) in [6.45, 7) is 0. The molecule has 5 atom stereocenters. The number of aliphatic hydroxyl groups excluding tert-OH is 3. The van der Waals surface area contributed by atoms with E-state index in [1.807, 2.05) is 53.3 Å². The van der Waals surface area contributed by atoms with Gasteiger partial charge in [-0.25, -0.2) is 8.42 Å². The molecule has 7 nitrogen and oxygen atoms in total. The number of aliphatic hydroxyl groups is 3. The van der Waals surface area contributed by atoms with Gasteiger partial charge in [0.1, 0.15) is 0 Å². The van der Waals surface area contributed by atoms with E-state index in [1.54, 1.807) is 6.08 Å². The van der Waals surface area contributed by atoms with Gasteiger partial charge in [-0.15, -0.1) is 0 Å². The molecule has 1 aliphatic carbocycles. The zero-order chi connectivity index (χ0) is 23.6. The van der Waals surface area contributed by atoms with Crippen LogP contribution in [-0.2, 0) is 21.2 Å². The molecule has 1 amide bonds. The molecule has 0 heterocycles. The molecule has 5 unspecified atom stereocenters. The summed E-state index contributed by atoms with van der Waals surface area (Å²) in [4.78, 5) is 11.5. The molecule has 8 heteroatoms. The van der Waals surface area contributed by atoms with Crippen molar-refractivity contribution >= 4 is 15.9 Å². The van der Waals surface area contributed by atoms with E-state index in [0.717, 1.165) is 18.2 Å². The van der Waals surface area contributed by atoms with Gasteiger partial charge in [-0.3, -0.25) is 9.52 Å². The summed E-state index contributed by atoms with van der Waals surface area (Å²) in [5.74, 6) is -0.903. The van der Waals surface area contributed by atoms with E-state index in [0.29, 0.717) is 32.1 Å². The molecular weight excluding hydrogens is 430 g/mol. The number of rotatable bonds is 12. The third-order valence-corrected chi connectivity index (χ3v) is 6.29. The number of aryl methyl sites for hydroxylation is 1. The van der Waals surface area contributed by atoms with Crippen LogP contribution in [0.25, 0.3) is 0 Å². The highest BCUT2D eigenvalue weighted by Crippen LogP contribution is 2.36. The Morgan fingerprint density at radius 3 is 2.59 bits per heavy atom. The van der Waals surface area contributed by atoms with E-state index in [-0.39, 0.29) is 18.3 Å². The molecule has 1 saturated carbocycles. The minimum absolute atomic E-state index is 0.119. The molecule has 2 rings (SSSR count). The number of amides is 1. The number of benzene rings is 1. The fourth-order valence-corrected chi connectivity index (χ4v) is 4.54. The van der Waals surface area contributed by atoms with Crippen molar-refractivity contribution in [1.82, 2.24) is 4.72 Å². The van der Waals surface area contributed by atoms with Gasteiger partial charge in [0.15, 0.2) is 0 Å². The van der Waals surface area contributed by atoms with E-state index in [9.17, 15) is 28.5 Å². The summed E-state index contributed by atoms with van der Waals surface area (Å²) < 4.78 is 23.9. The van der Waals surface area contributed by atoms with Gasteiger partial charge in [0, 0.05) is 18.8 Å². The maximum Gasteiger partial charge on any atom is 0.233 e. The number of hydrogen-bond donors (Lipinski definition) is 4. The van der Waals surface area contributed by atoms with Gasteiger partial charge in [-0.05, 0) is 43.6 Å². The number of carbonyl (C=O) groups excluding carboxylic acids is 1. The lowest BCUT2D eigenvalue weighted by molar-refractivity contribution is -0.119. The Morgan fingerprint density at radius 2 is 1.91 bits per heavy atom. The van der Waals surface area contributed by atoms with E-state index in [4.69, 9.17) is 0 Å². The van der Waals surface area contributed by atoms with Crippen LogP contribution in [0.5, 0.6) is 0 Å². The second-order valence-corrected chi connectivity index (χ2v) is 10.2. The van der Waals surface area contributed by atoms with Crippen LogP contribution in [0, 0.1) is 11.8 Å². The molecule has 1 aromatic carbocycles. The maximum absolute atomic E-state index is 11.5. The summed E-state index contributed by atoms with van der Waals surface area (Å²) in [6.07, 6.45) is 9.90. The zero-order valence-corrected chi connectivity index (χ0v) is 19.3. The highest BCUT2D eigenvalue weighted by atomic mass is 32.2. The highest BCUT2D eigenvalue weighted by molar-refractivity contribution is 7.89. The molecule has 4 N–H and O–H groups in total. The molecule has 0 radical (unpaired) electrons. The standard InChI is InChI=1S/C24H35NO6S/c1-32(30,31)25-24(29)12-8-3-2-7-11-20-21(23(28)17-22(20)27)16-15-19(26)14-13-18-9-5-4-6-10-18/h2,4-7,9-10,15-16,19-23,26-28H,3,8,11-14,17H2,1H3,(H,25,29)/b7-2+,16-15+. The number of nitrogens with one attached hydrogen (secondary N) is 1. The molecule has 0 aromatic heterocycles. The Hall–Kier alpha value is -2.00. The van der Waals surface area contributed by atoms with Gasteiger partial charge in [0.05, 0.1) is 24.6 Å². The van der Waals surface area contributed by atoms with Gasteiger partial charge >= 0.3 is 0 Å². The van der Waals surface area contributed by atoms with E-state index < -0.39 is 34.2 Å². The molecule has 0 saturated heterocycles. The first-order chi connectivity index (χ1) is 15.2. The normalized spacial score (nSPS) is 24.9. The minimum atomic E-state index is -3.52. The lowest BCUT2D eigenvalue weighted by Crippen LogP contribution is -2.28. The highest BCUT2D eigenvalue weighted by Gasteiger charge is 2.39. The largest absolute Gasteiger partial charge is 0.393 e. The van der Waals surface area contributed by atoms with Gasteiger partial charge in [0.2, 0.25) is 15.9 Å². The van der Waals surface area contributed by atoms with Crippen LogP contribution < -0.4 is 4.72 Å². The van der Waals surface area contributed by atoms with Crippen LogP contribution in [0.1, 0.15) is 44.1 Å². The lowest BCUT2D eigenvalue weighted by Gasteiger charge is -2.19. The van der Waals surface area contributed by atoms with Crippen molar-refractivity contribution in [1.29, 1.82) is 0 Å². The predicted molar refractivity (Wildman–Crippen MR) is 124 cm³/mol. The molecule has 1 aliphatic rings. The average molecular weight is 466 g/mol. The SMILES string of the molecule is CS(=O)(=O)NC(=O)CCC/C=C/CC1C(O)CC(O)C1/C=C/C(O)CCc1ccccc1. The van der Waals surface area contributed by atoms with E-state index in [2.05, 4.69) is 0 Å². The third kappa shape index (κ3) is 9.65. The Kier molecular flexibility index (Phi) is 10.6. The zero-order valence-electron chi connectivity index (χ0n) is 18.5. The van der Waals surface area contributed by atoms with Crippen molar-refractivity contribution in [3.05, 3.63) is 60.2 Å². The third-order valence-electron chi connectivity index (χ3n) is 5.69. The first-order valence-corrected chi connectivity index (χ1v) is 13.0. The van der Waals surface area contributed by atoms with Crippen LogP contribution in [0.15, 0.2) is 54.6 Å². The van der Waals surface area contributed by atoms with Gasteiger partial charge in [0.25, 0.3) is 0 Å². The molecular formula is C24H35NO6S. The number of allylic oxidation sites excluding steroid dienone is 2. The lowest BCUT2D eigenvalue weighted by atomic mass is 9.89. The van der Waals surface area contributed by atoms with E-state index in [1.165, 1.54) is 0 Å². The topological polar surface area (TPSA) is 124 Å². The Bertz CT molecular complexity index is 868. The summed E-state index contributed by atoms with van der Waals surface area (Å²) >= 11 is 0. The monoisotopic (exact) mass is 465 g/mol. The second-order valence-electron chi connectivity index (χ2n) is 8.48. The number of unbranched alkanes of at least 4 members (excludes halogenated alkanes) is 1. The van der Waals surface area contributed by atoms with Gasteiger partial charge in [-0.2, -0.15) is 0 Å². The number of hydrogen-bond acceptors (Lipinski definition) is 6. The van der Waals surface area contributed by atoms with Crippen molar-refractivity contribution in [3.8, 4) is 0 Å². The Morgan fingerprint density at radius 1 is 1.19 bits per heavy atom. The maximum atomic E-state index is 11.5. The summed E-state index contributed by atoms with van der Waals surface area (Å²) in [6, 6.07) is 9.94. The Balaban J connectivity index is 1.77. The molecule has 0 spiro atoms. The van der Waals surface area contributed by atoms with Crippen molar-refractivity contribution in [2.45, 2.75) is 63.3 Å². The Labute approximate surface area is 190 Å². The van der Waals surface area contributed by atoms with Gasteiger partial charge < -0.3 is 15.3 Å². The first-order valence-electron chi connectivity index (χ1n) is 11.1. The molecule has 178 valence electrons. The molecule has 1 aromatic rings.